The van der Waals surface area contributed by atoms with Crippen LogP contribution in [0.5, 0.6) is 0 Å². The molecule has 4 aromatic heterocycles. The van der Waals surface area contributed by atoms with E-state index in [-0.39, 0.29) is 0 Å². The highest BCUT2D eigenvalue weighted by Gasteiger charge is 2.32. The van der Waals surface area contributed by atoms with Crippen molar-refractivity contribution in [2.75, 3.05) is 158 Å². The molecular formula is C52H64N18O4. The van der Waals surface area contributed by atoms with E-state index in [0.29, 0.717) is 122 Å². The van der Waals surface area contributed by atoms with Crippen molar-refractivity contribution >= 4 is 58.6 Å². The van der Waals surface area contributed by atoms with Gasteiger partial charge in [0.1, 0.15) is 0 Å². The predicted molar refractivity (Wildman–Crippen MR) is 286 cm³/mol. The SMILES string of the molecule is CCN1CCCN(c2nc(-c3ccc(N(C(=O)Nc4ccncc4)N(C(=O)Nc4cccnc4)c4ccc(-c5nc(N6CCOCC6)nc(N6CCCN(CC)CC6)n5)cc4)cc3)nc(N3CCOCC3)n2)CC1. The molecule has 4 amide bonds. The molecule has 8 heterocycles. The molecule has 2 N–H and O–H groups in total. The van der Waals surface area contributed by atoms with Crippen LogP contribution >= 0.6 is 0 Å². The normalized spacial score (nSPS) is 17.1. The molecule has 0 aliphatic carbocycles. The lowest BCUT2D eigenvalue weighted by molar-refractivity contribution is 0.122. The Kier molecular flexibility index (Phi) is 16.1. The second-order valence-electron chi connectivity index (χ2n) is 18.3. The van der Waals surface area contributed by atoms with E-state index in [1.165, 1.54) is 10.0 Å². The van der Waals surface area contributed by atoms with E-state index in [1.807, 2.05) is 24.3 Å². The van der Waals surface area contributed by atoms with Crippen molar-refractivity contribution < 1.29 is 19.1 Å². The molecule has 0 radical (unpaired) electrons. The number of urea groups is 2. The van der Waals surface area contributed by atoms with Gasteiger partial charge < -0.3 is 49.5 Å². The molecule has 0 atom stereocenters. The van der Waals surface area contributed by atoms with E-state index >= 15 is 0 Å². The number of carbonyl (C=O) groups is 2. The Labute approximate surface area is 431 Å². The van der Waals surface area contributed by atoms with Gasteiger partial charge in [0, 0.05) is 101 Å². The standard InChI is InChI=1S/C52H64N18O4/c1-3-63-22-6-24-65(28-26-63)47-57-45(59-49(61-47)67-30-34-73-35-31-67)39-9-13-43(14-10-39)69(51(71)55-41-17-20-53-21-18-41)70(52(72)56-42-8-5-19-54-38-42)44-15-11-40(12-16-44)46-58-48(66-25-7-23-64(4-2)27-29-66)62-50(60-46)68-32-36-74-37-33-68/h5,8-21,38H,3-4,6-7,22-37H2,1-2H3,(H,56,72)(H,53,55,71). The molecular weight excluding hydrogens is 941 g/mol. The van der Waals surface area contributed by atoms with Crippen molar-refractivity contribution in [3.05, 3.63) is 97.6 Å². The molecule has 0 spiro atoms. The molecule has 4 aliphatic rings. The van der Waals surface area contributed by atoms with Gasteiger partial charge in [0.25, 0.3) is 0 Å². The van der Waals surface area contributed by atoms with Crippen molar-refractivity contribution in [3.8, 4) is 22.8 Å². The fourth-order valence-corrected chi connectivity index (χ4v) is 9.41. The number of hydrazine groups is 1. The van der Waals surface area contributed by atoms with Crippen LogP contribution in [0.25, 0.3) is 22.8 Å². The average Bonchev–Trinajstić information content (AvgIpc) is 3.87. The number of pyridine rings is 2. The Morgan fingerprint density at radius 1 is 0.473 bits per heavy atom. The lowest BCUT2D eigenvalue weighted by Crippen LogP contribution is -2.53. The van der Waals surface area contributed by atoms with Crippen LogP contribution in [0, 0.1) is 0 Å². The maximum absolute atomic E-state index is 14.9. The summed E-state index contributed by atoms with van der Waals surface area (Å²) in [4.78, 5) is 82.1. The molecule has 386 valence electrons. The van der Waals surface area contributed by atoms with E-state index in [4.69, 9.17) is 39.4 Å². The fourth-order valence-electron chi connectivity index (χ4n) is 9.41. The zero-order valence-electron chi connectivity index (χ0n) is 42.2. The van der Waals surface area contributed by atoms with Crippen LogP contribution in [0.4, 0.5) is 56.1 Å². The first-order valence-electron chi connectivity index (χ1n) is 25.7. The fraction of sp³-hybridized carbons (Fsp3) is 0.423. The summed E-state index contributed by atoms with van der Waals surface area (Å²) in [5.74, 6) is 3.40. The molecule has 2 aromatic carbocycles. The minimum Gasteiger partial charge on any atom is -0.378 e. The van der Waals surface area contributed by atoms with Crippen molar-refractivity contribution in [3.63, 3.8) is 0 Å². The molecule has 22 heteroatoms. The third-order valence-electron chi connectivity index (χ3n) is 13.6. The molecule has 10 rings (SSSR count). The van der Waals surface area contributed by atoms with Gasteiger partial charge in [0.15, 0.2) is 11.6 Å². The van der Waals surface area contributed by atoms with Gasteiger partial charge in [-0.2, -0.15) is 39.9 Å². The van der Waals surface area contributed by atoms with Gasteiger partial charge in [-0.3, -0.25) is 9.97 Å². The van der Waals surface area contributed by atoms with E-state index in [9.17, 15) is 9.59 Å². The number of nitrogens with one attached hydrogen (secondary N) is 2. The zero-order valence-corrected chi connectivity index (χ0v) is 42.2. The number of rotatable bonds is 12. The number of hydrogen-bond acceptors (Lipinski definition) is 18. The highest BCUT2D eigenvalue weighted by Crippen LogP contribution is 2.32. The van der Waals surface area contributed by atoms with Crippen LogP contribution in [-0.2, 0) is 9.47 Å². The van der Waals surface area contributed by atoms with Crippen molar-refractivity contribution in [1.29, 1.82) is 0 Å². The monoisotopic (exact) mass is 1000 g/mol. The average molecular weight is 1010 g/mol. The van der Waals surface area contributed by atoms with E-state index in [2.05, 4.69) is 63.8 Å². The molecule has 0 saturated carbocycles. The Morgan fingerprint density at radius 3 is 1.32 bits per heavy atom. The zero-order chi connectivity index (χ0) is 50.6. The van der Waals surface area contributed by atoms with Gasteiger partial charge in [-0.05, 0) is 112 Å². The maximum atomic E-state index is 14.9. The number of carbonyl (C=O) groups excluding carboxylic acids is 2. The largest absolute Gasteiger partial charge is 0.378 e. The number of anilines is 8. The van der Waals surface area contributed by atoms with Crippen molar-refractivity contribution in [1.82, 2.24) is 49.7 Å². The lowest BCUT2D eigenvalue weighted by atomic mass is 10.1. The van der Waals surface area contributed by atoms with Crippen LogP contribution in [-0.4, -0.2) is 180 Å². The lowest BCUT2D eigenvalue weighted by Gasteiger charge is -2.35. The maximum Gasteiger partial charge on any atom is 0.345 e. The Hall–Kier alpha value is -7.66. The van der Waals surface area contributed by atoms with E-state index < -0.39 is 12.1 Å². The number of likely N-dealkylation sites (N-methyl/N-ethyl adjacent to an activating group) is 2. The topological polar surface area (TPSA) is 206 Å². The van der Waals surface area contributed by atoms with Gasteiger partial charge in [-0.1, -0.05) is 13.8 Å². The summed E-state index contributed by atoms with van der Waals surface area (Å²) in [6.45, 7) is 18.4. The highest BCUT2D eigenvalue weighted by atomic mass is 16.5. The highest BCUT2D eigenvalue weighted by molar-refractivity contribution is 6.13. The Morgan fingerprint density at radius 2 is 0.905 bits per heavy atom. The summed E-state index contributed by atoms with van der Waals surface area (Å²) < 4.78 is 11.4. The molecule has 0 bridgehead atoms. The van der Waals surface area contributed by atoms with Crippen LogP contribution in [0.2, 0.25) is 0 Å². The number of benzene rings is 2. The number of amides is 4. The second kappa shape index (κ2) is 23.9. The minimum atomic E-state index is -0.629. The number of hydrogen-bond donors (Lipinski definition) is 2. The second-order valence-corrected chi connectivity index (χ2v) is 18.3. The van der Waals surface area contributed by atoms with Crippen LogP contribution in [0.1, 0.15) is 26.7 Å². The molecule has 0 unspecified atom stereocenters. The van der Waals surface area contributed by atoms with Gasteiger partial charge in [-0.25, -0.2) is 9.59 Å². The van der Waals surface area contributed by atoms with Gasteiger partial charge in [0.2, 0.25) is 23.8 Å². The summed E-state index contributed by atoms with van der Waals surface area (Å²) in [5.41, 5.74) is 3.07. The quantitative estimate of drug-likeness (QED) is 0.143. The van der Waals surface area contributed by atoms with Gasteiger partial charge in [0.05, 0.1) is 49.7 Å². The molecule has 22 nitrogen and oxygen atoms in total. The molecule has 4 saturated heterocycles. The number of morpholine rings is 2. The first-order valence-corrected chi connectivity index (χ1v) is 25.7. The van der Waals surface area contributed by atoms with Crippen molar-refractivity contribution in [2.45, 2.75) is 26.7 Å². The van der Waals surface area contributed by atoms with Crippen LogP contribution in [0.3, 0.4) is 0 Å². The third kappa shape index (κ3) is 12.1. The van der Waals surface area contributed by atoms with Gasteiger partial charge >= 0.3 is 12.1 Å². The van der Waals surface area contributed by atoms with Crippen LogP contribution in [0.15, 0.2) is 97.6 Å². The molecule has 4 aliphatic heterocycles. The number of aromatic nitrogens is 8. The summed E-state index contributed by atoms with van der Waals surface area (Å²) in [7, 11) is 0. The predicted octanol–water partition coefficient (Wildman–Crippen LogP) is 5.61. The molecule has 4 fully saturated rings. The van der Waals surface area contributed by atoms with E-state index in [0.717, 1.165) is 78.3 Å². The summed E-state index contributed by atoms with van der Waals surface area (Å²) in [6.07, 6.45) is 8.33. The van der Waals surface area contributed by atoms with Crippen molar-refractivity contribution in [2.24, 2.45) is 0 Å². The number of nitrogens with zero attached hydrogens (tertiary/aromatic N) is 16. The first-order chi connectivity index (χ1) is 36.4. The summed E-state index contributed by atoms with van der Waals surface area (Å²) >= 11 is 0. The molecule has 74 heavy (non-hydrogen) atoms. The Balaban J connectivity index is 1.03. The smallest absolute Gasteiger partial charge is 0.345 e. The summed E-state index contributed by atoms with van der Waals surface area (Å²) in [6, 6.07) is 20.1. The van der Waals surface area contributed by atoms with Crippen LogP contribution < -0.4 is 40.3 Å². The summed E-state index contributed by atoms with van der Waals surface area (Å²) in [5, 5.41) is 8.55. The molecule has 6 aromatic rings. The third-order valence-corrected chi connectivity index (χ3v) is 13.6. The minimum absolute atomic E-state index is 0.371. The number of ether oxygens (including phenoxy) is 2. The van der Waals surface area contributed by atoms with E-state index in [1.54, 1.807) is 73.3 Å². The van der Waals surface area contributed by atoms with Gasteiger partial charge in [-0.15, -0.1) is 0 Å². The first kappa shape index (κ1) is 49.9. The Bertz CT molecular complexity index is 2600.